The Morgan fingerprint density at radius 1 is 0.907 bits per heavy atom. The maximum Gasteiger partial charge on any atom is 0.326 e. The molecule has 2 atom stereocenters. The van der Waals surface area contributed by atoms with Gasteiger partial charge in [-0.3, -0.25) is 14.4 Å². The Labute approximate surface area is 253 Å². The number of carbonyl (C=O) groups excluding carboxylic acids is 3. The van der Waals surface area contributed by atoms with Crippen LogP contribution in [0, 0.1) is 0 Å². The first-order valence-electron chi connectivity index (χ1n) is 14.7. The molecule has 3 aromatic rings. The number of nitrogens with two attached hydrogens (primary N) is 1. The molecular formula is C34H42N4O5. The van der Waals surface area contributed by atoms with Crippen molar-refractivity contribution in [3.8, 4) is 0 Å². The number of rotatable bonds is 10. The summed E-state index contributed by atoms with van der Waals surface area (Å²) in [5, 5.41) is 9.46. The van der Waals surface area contributed by atoms with Crippen LogP contribution in [0.25, 0.3) is 0 Å². The molecule has 0 bridgehead atoms. The van der Waals surface area contributed by atoms with Gasteiger partial charge in [0.1, 0.15) is 24.3 Å². The van der Waals surface area contributed by atoms with E-state index in [2.05, 4.69) is 16.0 Å². The molecule has 2 unspecified atom stereocenters. The fourth-order valence-corrected chi connectivity index (χ4v) is 5.01. The quantitative estimate of drug-likeness (QED) is 0.171. The zero-order valence-electron chi connectivity index (χ0n) is 25.2. The summed E-state index contributed by atoms with van der Waals surface area (Å²) in [7, 11) is 0. The topological polar surface area (TPSA) is 132 Å². The summed E-state index contributed by atoms with van der Waals surface area (Å²) in [5.74, 6) is -1.05. The zero-order chi connectivity index (χ0) is 30.9. The second kappa shape index (κ2) is 14.2. The zero-order valence-corrected chi connectivity index (χ0v) is 25.2. The number of hydrogen-bond acceptors (Lipinski definition) is 8. The summed E-state index contributed by atoms with van der Waals surface area (Å²) < 4.78 is 11.0. The van der Waals surface area contributed by atoms with Crippen LogP contribution in [0.2, 0.25) is 0 Å². The molecule has 0 aromatic heterocycles. The summed E-state index contributed by atoms with van der Waals surface area (Å²) in [6, 6.07) is 23.8. The van der Waals surface area contributed by atoms with Gasteiger partial charge in [0.2, 0.25) is 0 Å². The molecule has 1 fully saturated rings. The lowest BCUT2D eigenvalue weighted by Gasteiger charge is -2.32. The average Bonchev–Trinajstić information content (AvgIpc) is 3.17. The van der Waals surface area contributed by atoms with Crippen LogP contribution in [0.4, 0.5) is 17.1 Å². The van der Waals surface area contributed by atoms with Crippen LogP contribution >= 0.6 is 0 Å². The highest BCUT2D eigenvalue weighted by Gasteiger charge is 2.41. The van der Waals surface area contributed by atoms with Gasteiger partial charge in [-0.15, -0.1) is 0 Å². The van der Waals surface area contributed by atoms with E-state index < -0.39 is 17.1 Å². The molecule has 0 aliphatic heterocycles. The van der Waals surface area contributed by atoms with Crippen molar-refractivity contribution in [1.82, 2.24) is 0 Å². The van der Waals surface area contributed by atoms with Crippen molar-refractivity contribution in [1.29, 1.82) is 0 Å². The predicted octanol–water partition coefficient (Wildman–Crippen LogP) is 5.88. The molecule has 5 N–H and O–H groups in total. The van der Waals surface area contributed by atoms with E-state index in [0.29, 0.717) is 29.8 Å². The second-order valence-corrected chi connectivity index (χ2v) is 12.0. The lowest BCUT2D eigenvalue weighted by atomic mass is 9.89. The summed E-state index contributed by atoms with van der Waals surface area (Å²) in [6.07, 6.45) is 3.75. The van der Waals surface area contributed by atoms with E-state index in [9.17, 15) is 14.4 Å². The minimum atomic E-state index is -1.04. The smallest absolute Gasteiger partial charge is 0.326 e. The molecule has 43 heavy (non-hydrogen) atoms. The lowest BCUT2D eigenvalue weighted by molar-refractivity contribution is -0.162. The molecule has 0 heterocycles. The van der Waals surface area contributed by atoms with Gasteiger partial charge < -0.3 is 31.2 Å². The number of carbonyl (C=O) groups is 3. The van der Waals surface area contributed by atoms with Crippen molar-refractivity contribution in [3.05, 3.63) is 90.0 Å². The highest BCUT2D eigenvalue weighted by Crippen LogP contribution is 2.30. The Bertz CT molecular complexity index is 1390. The first-order valence-corrected chi connectivity index (χ1v) is 14.7. The third-order valence-corrected chi connectivity index (χ3v) is 7.20. The minimum absolute atomic E-state index is 0.00275. The molecule has 0 spiro atoms. The van der Waals surface area contributed by atoms with E-state index in [0.717, 1.165) is 30.5 Å². The van der Waals surface area contributed by atoms with Gasteiger partial charge in [0.25, 0.3) is 5.91 Å². The fourth-order valence-electron chi connectivity index (χ4n) is 5.01. The van der Waals surface area contributed by atoms with Crippen LogP contribution in [0.15, 0.2) is 78.9 Å². The van der Waals surface area contributed by atoms with E-state index in [4.69, 9.17) is 15.2 Å². The van der Waals surface area contributed by atoms with E-state index >= 15 is 0 Å². The molecule has 1 saturated carbocycles. The summed E-state index contributed by atoms with van der Waals surface area (Å²) in [4.78, 5) is 38.2. The van der Waals surface area contributed by atoms with E-state index in [-0.39, 0.29) is 31.1 Å². The molecule has 3 aromatic carbocycles. The molecule has 0 radical (unpaired) electrons. The van der Waals surface area contributed by atoms with Crippen molar-refractivity contribution in [2.45, 2.75) is 76.7 Å². The monoisotopic (exact) mass is 586 g/mol. The molecule has 1 aliphatic carbocycles. The third kappa shape index (κ3) is 9.58. The fraction of sp³-hybridized carbons (Fsp3) is 0.382. The number of para-hydroxylation sites is 2. The summed E-state index contributed by atoms with van der Waals surface area (Å²) in [6.45, 7) is 5.69. The van der Waals surface area contributed by atoms with Crippen LogP contribution < -0.4 is 21.7 Å². The highest BCUT2D eigenvalue weighted by molar-refractivity contribution is 6.06. The van der Waals surface area contributed by atoms with Crippen molar-refractivity contribution in [2.75, 3.05) is 22.5 Å². The maximum absolute atomic E-state index is 13.1. The second-order valence-electron chi connectivity index (χ2n) is 12.0. The van der Waals surface area contributed by atoms with E-state index in [1.807, 2.05) is 75.4 Å². The van der Waals surface area contributed by atoms with Gasteiger partial charge in [-0.25, -0.2) is 0 Å². The molecule has 9 heteroatoms. The Morgan fingerprint density at radius 2 is 1.58 bits per heavy atom. The van der Waals surface area contributed by atoms with Crippen LogP contribution in [-0.2, 0) is 25.7 Å². The summed E-state index contributed by atoms with van der Waals surface area (Å²) >= 11 is 0. The molecule has 4 rings (SSSR count). The number of esters is 2. The largest absolute Gasteiger partial charge is 0.460 e. The van der Waals surface area contributed by atoms with Crippen LogP contribution in [0.1, 0.15) is 68.8 Å². The van der Waals surface area contributed by atoms with Gasteiger partial charge >= 0.3 is 11.9 Å². The summed E-state index contributed by atoms with van der Waals surface area (Å²) in [5.41, 5.74) is 8.32. The SMILES string of the molecule is CC(C)(C)OC(=O)C1(N)CCCCC(Nc2ccc(C(=O)Nc3ccccc3NCC(=O)OCc3ccccc3)cc2)C1. The third-order valence-electron chi connectivity index (χ3n) is 7.20. The number of nitrogens with one attached hydrogen (secondary N) is 3. The predicted molar refractivity (Wildman–Crippen MR) is 169 cm³/mol. The van der Waals surface area contributed by atoms with Crippen molar-refractivity contribution < 1.29 is 23.9 Å². The van der Waals surface area contributed by atoms with Gasteiger partial charge in [0, 0.05) is 17.3 Å². The molecule has 0 saturated heterocycles. The van der Waals surface area contributed by atoms with Gasteiger partial charge in [-0.1, -0.05) is 55.3 Å². The molecule has 228 valence electrons. The Morgan fingerprint density at radius 3 is 2.28 bits per heavy atom. The van der Waals surface area contributed by atoms with Gasteiger partial charge in [0.05, 0.1) is 11.4 Å². The van der Waals surface area contributed by atoms with Gasteiger partial charge in [-0.05, 0) is 82.0 Å². The minimum Gasteiger partial charge on any atom is -0.460 e. The van der Waals surface area contributed by atoms with Gasteiger partial charge in [-0.2, -0.15) is 0 Å². The van der Waals surface area contributed by atoms with Crippen LogP contribution in [-0.4, -0.2) is 41.6 Å². The number of benzene rings is 3. The molecule has 1 amide bonds. The Balaban J connectivity index is 1.31. The lowest BCUT2D eigenvalue weighted by Crippen LogP contribution is -2.53. The van der Waals surface area contributed by atoms with Crippen molar-refractivity contribution in [3.63, 3.8) is 0 Å². The normalized spacial score (nSPS) is 18.6. The van der Waals surface area contributed by atoms with Crippen LogP contribution in [0.5, 0.6) is 0 Å². The maximum atomic E-state index is 13.1. The molecule has 9 nitrogen and oxygen atoms in total. The average molecular weight is 587 g/mol. The number of hydrogen-bond donors (Lipinski definition) is 4. The molecular weight excluding hydrogens is 544 g/mol. The van der Waals surface area contributed by atoms with Crippen molar-refractivity contribution >= 4 is 34.9 Å². The van der Waals surface area contributed by atoms with E-state index in [1.54, 1.807) is 24.3 Å². The van der Waals surface area contributed by atoms with Crippen LogP contribution in [0.3, 0.4) is 0 Å². The Hall–Kier alpha value is -4.37. The first kappa shape index (κ1) is 31.6. The molecule has 1 aliphatic rings. The van der Waals surface area contributed by atoms with Crippen molar-refractivity contribution in [2.24, 2.45) is 5.73 Å². The number of ether oxygens (including phenoxy) is 2. The standard InChI is InChI=1S/C34H42N4O5/c1-33(2,3)43-32(41)34(35)20-10-9-13-27(21-34)37-26-18-16-25(17-19-26)31(40)38-29-15-8-7-14-28(29)36-22-30(39)42-23-24-11-5-4-6-12-24/h4-8,11-12,14-19,27,36-37H,9-10,13,20-23,35H2,1-3H3,(H,38,40). The Kier molecular flexibility index (Phi) is 10.4. The van der Waals surface area contributed by atoms with Gasteiger partial charge in [0.15, 0.2) is 0 Å². The number of anilines is 3. The van der Waals surface area contributed by atoms with E-state index in [1.165, 1.54) is 0 Å². The number of amides is 1. The first-order chi connectivity index (χ1) is 20.5. The highest BCUT2D eigenvalue weighted by atomic mass is 16.6.